The van der Waals surface area contributed by atoms with E-state index in [9.17, 15) is 14.4 Å². The van der Waals surface area contributed by atoms with Crippen molar-refractivity contribution >= 4 is 29.6 Å². The van der Waals surface area contributed by atoms with Gasteiger partial charge in [-0.25, -0.2) is 4.79 Å². The predicted octanol–water partition coefficient (Wildman–Crippen LogP) is 2.68. The maximum atomic E-state index is 12.8. The lowest BCUT2D eigenvalue weighted by atomic mass is 9.90. The molecule has 4 amide bonds. The number of nitrogens with one attached hydrogen (secondary N) is 2. The van der Waals surface area contributed by atoms with Crippen LogP contribution in [0.25, 0.3) is 0 Å². The average molecular weight is 390 g/mol. The molecule has 1 spiro atoms. The fourth-order valence-corrected chi connectivity index (χ4v) is 4.54. The molecule has 2 N–H and O–H groups in total. The number of amides is 4. The van der Waals surface area contributed by atoms with E-state index in [1.807, 2.05) is 18.2 Å². The molecule has 0 radical (unpaired) electrons. The monoisotopic (exact) mass is 389 g/mol. The van der Waals surface area contributed by atoms with Gasteiger partial charge in [-0.15, -0.1) is 0 Å². The molecule has 2 aliphatic rings. The van der Waals surface area contributed by atoms with Crippen LogP contribution in [0.1, 0.15) is 44.1 Å². The SMILES string of the molecule is O=C(CN1C(=O)NC2(CCCCCC2)C1=O)NCCSCc1ccccc1. The van der Waals surface area contributed by atoms with Crippen LogP contribution in [-0.2, 0) is 15.3 Å². The zero-order valence-electron chi connectivity index (χ0n) is 15.5. The maximum absolute atomic E-state index is 12.8. The van der Waals surface area contributed by atoms with Crippen LogP contribution in [0, 0.1) is 0 Å². The Kier molecular flexibility index (Phi) is 6.77. The highest BCUT2D eigenvalue weighted by Gasteiger charge is 2.50. The van der Waals surface area contributed by atoms with Gasteiger partial charge in [0.1, 0.15) is 12.1 Å². The van der Waals surface area contributed by atoms with Gasteiger partial charge in [-0.1, -0.05) is 56.0 Å². The Balaban J connectivity index is 1.41. The summed E-state index contributed by atoms with van der Waals surface area (Å²) < 4.78 is 0. The third kappa shape index (κ3) is 5.03. The van der Waals surface area contributed by atoms with Gasteiger partial charge in [0.15, 0.2) is 0 Å². The summed E-state index contributed by atoms with van der Waals surface area (Å²) in [5, 5.41) is 5.67. The number of hydrogen-bond acceptors (Lipinski definition) is 4. The molecule has 1 aliphatic carbocycles. The Morgan fingerprint density at radius 2 is 1.81 bits per heavy atom. The second-order valence-corrected chi connectivity index (χ2v) is 8.31. The normalized spacial score (nSPS) is 19.0. The minimum absolute atomic E-state index is 0.199. The lowest BCUT2D eigenvalue weighted by Gasteiger charge is -2.24. The summed E-state index contributed by atoms with van der Waals surface area (Å²) in [6, 6.07) is 9.73. The Hall–Kier alpha value is -2.02. The summed E-state index contributed by atoms with van der Waals surface area (Å²) in [6.07, 6.45) is 5.39. The Morgan fingerprint density at radius 3 is 2.52 bits per heavy atom. The van der Waals surface area contributed by atoms with Crippen LogP contribution in [0.15, 0.2) is 30.3 Å². The molecule has 0 aromatic heterocycles. The molecule has 6 nitrogen and oxygen atoms in total. The molecular weight excluding hydrogens is 362 g/mol. The van der Waals surface area contributed by atoms with Crippen LogP contribution in [0.4, 0.5) is 4.79 Å². The van der Waals surface area contributed by atoms with Gasteiger partial charge < -0.3 is 10.6 Å². The van der Waals surface area contributed by atoms with Crippen molar-refractivity contribution in [1.29, 1.82) is 0 Å². The first-order valence-electron chi connectivity index (χ1n) is 9.63. The molecule has 1 aliphatic heterocycles. The highest BCUT2D eigenvalue weighted by atomic mass is 32.2. The van der Waals surface area contributed by atoms with Crippen LogP contribution < -0.4 is 10.6 Å². The van der Waals surface area contributed by atoms with Gasteiger partial charge in [-0.2, -0.15) is 11.8 Å². The molecule has 1 aromatic carbocycles. The number of urea groups is 1. The molecule has 0 atom stereocenters. The zero-order chi connectivity index (χ0) is 19.1. The third-order valence-electron chi connectivity index (χ3n) is 5.18. The minimum atomic E-state index is -0.778. The molecule has 1 saturated heterocycles. The number of hydrogen-bond donors (Lipinski definition) is 2. The molecule has 2 fully saturated rings. The van der Waals surface area contributed by atoms with E-state index < -0.39 is 11.6 Å². The van der Waals surface area contributed by atoms with Crippen LogP contribution in [0.2, 0.25) is 0 Å². The van der Waals surface area contributed by atoms with Gasteiger partial charge in [0.25, 0.3) is 5.91 Å². The minimum Gasteiger partial charge on any atom is -0.354 e. The number of imide groups is 1. The van der Waals surface area contributed by atoms with E-state index in [1.165, 1.54) is 5.56 Å². The highest BCUT2D eigenvalue weighted by Crippen LogP contribution is 2.32. The number of carbonyl (C=O) groups excluding carboxylic acids is 3. The summed E-state index contributed by atoms with van der Waals surface area (Å²) in [6.45, 7) is 0.320. The summed E-state index contributed by atoms with van der Waals surface area (Å²) in [5.41, 5.74) is 0.473. The molecule has 1 heterocycles. The Labute approximate surface area is 164 Å². The van der Waals surface area contributed by atoms with Gasteiger partial charge in [-0.3, -0.25) is 14.5 Å². The number of nitrogens with zero attached hydrogens (tertiary/aromatic N) is 1. The fourth-order valence-electron chi connectivity index (χ4n) is 3.72. The Bertz CT molecular complexity index is 672. The first-order chi connectivity index (χ1) is 13.1. The van der Waals surface area contributed by atoms with Gasteiger partial charge in [0.05, 0.1) is 0 Å². The van der Waals surface area contributed by atoms with Crippen LogP contribution in [-0.4, -0.2) is 47.1 Å². The molecule has 27 heavy (non-hydrogen) atoms. The molecule has 0 unspecified atom stereocenters. The Morgan fingerprint density at radius 1 is 1.11 bits per heavy atom. The van der Waals surface area contributed by atoms with Crippen LogP contribution >= 0.6 is 11.8 Å². The van der Waals surface area contributed by atoms with E-state index in [0.717, 1.165) is 42.1 Å². The van der Waals surface area contributed by atoms with Crippen LogP contribution in [0.5, 0.6) is 0 Å². The van der Waals surface area contributed by atoms with E-state index >= 15 is 0 Å². The van der Waals surface area contributed by atoms with Gasteiger partial charge in [-0.05, 0) is 18.4 Å². The van der Waals surface area contributed by atoms with Gasteiger partial charge in [0.2, 0.25) is 5.91 Å². The number of thioether (sulfide) groups is 1. The lowest BCUT2D eigenvalue weighted by Crippen LogP contribution is -2.47. The van der Waals surface area contributed by atoms with Crippen molar-refractivity contribution in [2.45, 2.75) is 49.8 Å². The molecule has 7 heteroatoms. The van der Waals surface area contributed by atoms with Gasteiger partial charge >= 0.3 is 6.03 Å². The molecule has 146 valence electrons. The summed E-state index contributed by atoms with van der Waals surface area (Å²) in [4.78, 5) is 38.3. The third-order valence-corrected chi connectivity index (χ3v) is 6.22. The summed E-state index contributed by atoms with van der Waals surface area (Å²) in [7, 11) is 0. The smallest absolute Gasteiger partial charge is 0.325 e. The summed E-state index contributed by atoms with van der Waals surface area (Å²) in [5.74, 6) is 1.16. The van der Waals surface area contributed by atoms with Crippen molar-refractivity contribution in [1.82, 2.24) is 15.5 Å². The van der Waals surface area contributed by atoms with E-state index in [0.29, 0.717) is 19.4 Å². The molecule has 3 rings (SSSR count). The quantitative estimate of drug-likeness (QED) is 0.555. The molecule has 1 saturated carbocycles. The molecule has 0 bridgehead atoms. The van der Waals surface area contributed by atoms with Gasteiger partial charge in [0, 0.05) is 18.1 Å². The largest absolute Gasteiger partial charge is 0.354 e. The van der Waals surface area contributed by atoms with E-state index in [4.69, 9.17) is 0 Å². The van der Waals surface area contributed by atoms with Crippen molar-refractivity contribution in [3.8, 4) is 0 Å². The highest BCUT2D eigenvalue weighted by molar-refractivity contribution is 7.98. The molecular formula is C20H27N3O3S. The lowest BCUT2D eigenvalue weighted by molar-refractivity contribution is -0.135. The van der Waals surface area contributed by atoms with Crippen molar-refractivity contribution in [3.05, 3.63) is 35.9 Å². The summed E-state index contributed by atoms with van der Waals surface area (Å²) >= 11 is 1.74. The standard InChI is InChI=1S/C20H27N3O3S/c24-17(21-12-13-27-15-16-8-4-3-5-9-16)14-23-18(25)20(22-19(23)26)10-6-1-2-7-11-20/h3-5,8-9H,1-2,6-7,10-15H2,(H,21,24)(H,22,26). The second kappa shape index (κ2) is 9.26. The second-order valence-electron chi connectivity index (χ2n) is 7.21. The van der Waals surface area contributed by atoms with Crippen molar-refractivity contribution in [2.24, 2.45) is 0 Å². The van der Waals surface area contributed by atoms with Crippen molar-refractivity contribution < 1.29 is 14.4 Å². The predicted molar refractivity (Wildman–Crippen MR) is 106 cm³/mol. The maximum Gasteiger partial charge on any atom is 0.325 e. The van der Waals surface area contributed by atoms with Crippen molar-refractivity contribution in [3.63, 3.8) is 0 Å². The van der Waals surface area contributed by atoms with Crippen LogP contribution in [0.3, 0.4) is 0 Å². The zero-order valence-corrected chi connectivity index (χ0v) is 16.4. The number of rotatable bonds is 7. The van der Waals surface area contributed by atoms with Crippen molar-refractivity contribution in [2.75, 3.05) is 18.8 Å². The first kappa shape index (κ1) is 19.7. The number of carbonyl (C=O) groups is 3. The fraction of sp³-hybridized carbons (Fsp3) is 0.550. The first-order valence-corrected chi connectivity index (χ1v) is 10.8. The van der Waals surface area contributed by atoms with E-state index in [2.05, 4.69) is 22.8 Å². The van der Waals surface area contributed by atoms with E-state index in [-0.39, 0.29) is 18.4 Å². The molecule has 1 aromatic rings. The average Bonchev–Trinajstić information content (AvgIpc) is 2.84. The topological polar surface area (TPSA) is 78.5 Å². The number of benzene rings is 1. The van der Waals surface area contributed by atoms with E-state index in [1.54, 1.807) is 11.8 Å².